The lowest BCUT2D eigenvalue weighted by Gasteiger charge is -2.03. The predicted molar refractivity (Wildman–Crippen MR) is 58.0 cm³/mol. The molecule has 0 aliphatic carbocycles. The van der Waals surface area contributed by atoms with Crippen LogP contribution in [0.3, 0.4) is 0 Å². The molecule has 1 heterocycles. The Labute approximate surface area is 92.5 Å². The average Bonchev–Trinajstić information content (AvgIpc) is 2.64. The van der Waals surface area contributed by atoms with Crippen LogP contribution >= 0.6 is 11.6 Å². The van der Waals surface area contributed by atoms with Crippen LogP contribution < -0.4 is 0 Å². The van der Waals surface area contributed by atoms with E-state index in [1.807, 2.05) is 19.2 Å². The second-order valence-corrected chi connectivity index (χ2v) is 3.61. The number of aryl methyl sites for hydroxylation is 1. The molecule has 0 radical (unpaired) electrons. The Morgan fingerprint density at radius 2 is 2.20 bits per heavy atom. The maximum atomic E-state index is 8.96. The highest BCUT2D eigenvalue weighted by atomic mass is 35.5. The summed E-state index contributed by atoms with van der Waals surface area (Å²) in [7, 11) is 0. The number of benzene rings is 1. The lowest BCUT2D eigenvalue weighted by atomic mass is 10.2. The number of aromatic nitrogens is 2. The maximum Gasteiger partial charge on any atom is 0.101 e. The van der Waals surface area contributed by atoms with Gasteiger partial charge in [-0.1, -0.05) is 11.6 Å². The van der Waals surface area contributed by atoms with Gasteiger partial charge in [0.2, 0.25) is 0 Å². The van der Waals surface area contributed by atoms with Gasteiger partial charge in [-0.25, -0.2) is 4.68 Å². The van der Waals surface area contributed by atoms with Crippen LogP contribution in [-0.2, 0) is 0 Å². The third kappa shape index (κ3) is 1.85. The number of hydrogen-bond donors (Lipinski definition) is 0. The zero-order valence-electron chi connectivity index (χ0n) is 8.11. The van der Waals surface area contributed by atoms with Gasteiger partial charge in [-0.3, -0.25) is 0 Å². The largest absolute Gasteiger partial charge is 0.239 e. The van der Waals surface area contributed by atoms with Gasteiger partial charge in [0.05, 0.1) is 16.9 Å². The zero-order valence-corrected chi connectivity index (χ0v) is 8.86. The quantitative estimate of drug-likeness (QED) is 0.737. The molecule has 0 aliphatic rings. The third-order valence-corrected chi connectivity index (χ3v) is 2.28. The van der Waals surface area contributed by atoms with Gasteiger partial charge in [0.25, 0.3) is 0 Å². The van der Waals surface area contributed by atoms with Gasteiger partial charge in [-0.05, 0) is 31.2 Å². The van der Waals surface area contributed by atoms with Crippen LogP contribution in [0.15, 0.2) is 30.5 Å². The van der Waals surface area contributed by atoms with Crippen molar-refractivity contribution in [2.75, 3.05) is 0 Å². The fourth-order valence-corrected chi connectivity index (χ4v) is 1.52. The number of hydrogen-bond acceptors (Lipinski definition) is 2. The van der Waals surface area contributed by atoms with E-state index in [2.05, 4.69) is 11.2 Å². The average molecular weight is 218 g/mol. The number of halogens is 1. The number of nitrogens with zero attached hydrogens (tertiary/aromatic N) is 3. The first-order valence-electron chi connectivity index (χ1n) is 4.43. The molecule has 2 rings (SSSR count). The molecule has 3 nitrogen and oxygen atoms in total. The van der Waals surface area contributed by atoms with E-state index in [4.69, 9.17) is 16.9 Å². The Hall–Kier alpha value is -1.79. The van der Waals surface area contributed by atoms with Crippen LogP contribution in [0.4, 0.5) is 0 Å². The molecule has 15 heavy (non-hydrogen) atoms. The Morgan fingerprint density at radius 1 is 1.40 bits per heavy atom. The molecule has 0 amide bonds. The van der Waals surface area contributed by atoms with Crippen LogP contribution in [0.2, 0.25) is 5.02 Å². The Bertz CT molecular complexity index is 537. The standard InChI is InChI=1S/C11H8ClN3/c1-8-4-5-15(14-8)11-3-2-10(12)6-9(11)7-13/h2-6H,1H3. The van der Waals surface area contributed by atoms with Gasteiger partial charge in [0.1, 0.15) is 6.07 Å². The fraction of sp³-hybridized carbons (Fsp3) is 0.0909. The molecule has 1 aromatic heterocycles. The van der Waals surface area contributed by atoms with Crippen LogP contribution in [0.5, 0.6) is 0 Å². The van der Waals surface area contributed by atoms with Crippen molar-refractivity contribution in [2.45, 2.75) is 6.92 Å². The van der Waals surface area contributed by atoms with Gasteiger partial charge >= 0.3 is 0 Å². The highest BCUT2D eigenvalue weighted by molar-refractivity contribution is 6.30. The Balaban J connectivity index is 2.58. The molecule has 74 valence electrons. The topological polar surface area (TPSA) is 41.6 Å². The zero-order chi connectivity index (χ0) is 10.8. The molecular formula is C11H8ClN3. The minimum absolute atomic E-state index is 0.519. The van der Waals surface area contributed by atoms with E-state index < -0.39 is 0 Å². The molecule has 0 spiro atoms. The van der Waals surface area contributed by atoms with E-state index in [1.165, 1.54) is 0 Å². The summed E-state index contributed by atoms with van der Waals surface area (Å²) in [5, 5.41) is 13.8. The Kier molecular flexibility index (Phi) is 2.44. The molecule has 0 atom stereocenters. The second kappa shape index (κ2) is 3.76. The fourth-order valence-electron chi connectivity index (χ4n) is 1.35. The molecule has 0 unspecified atom stereocenters. The van der Waals surface area contributed by atoms with E-state index >= 15 is 0 Å². The first kappa shape index (κ1) is 9.75. The van der Waals surface area contributed by atoms with Gasteiger partial charge in [-0.15, -0.1) is 0 Å². The second-order valence-electron chi connectivity index (χ2n) is 3.17. The molecular weight excluding hydrogens is 210 g/mol. The van der Waals surface area contributed by atoms with Crippen LogP contribution in [0.1, 0.15) is 11.3 Å². The molecule has 0 bridgehead atoms. The predicted octanol–water partition coefficient (Wildman–Crippen LogP) is 2.71. The molecule has 0 saturated carbocycles. The van der Waals surface area contributed by atoms with Crippen molar-refractivity contribution in [3.63, 3.8) is 0 Å². The van der Waals surface area contributed by atoms with Crippen LogP contribution in [0.25, 0.3) is 5.69 Å². The molecule has 0 N–H and O–H groups in total. The van der Waals surface area contributed by atoms with Gasteiger partial charge < -0.3 is 0 Å². The van der Waals surface area contributed by atoms with E-state index in [0.29, 0.717) is 10.6 Å². The number of nitriles is 1. The van der Waals surface area contributed by atoms with Crippen LogP contribution in [-0.4, -0.2) is 9.78 Å². The number of rotatable bonds is 1. The molecule has 0 aliphatic heterocycles. The summed E-state index contributed by atoms with van der Waals surface area (Å²) < 4.78 is 1.67. The first-order valence-corrected chi connectivity index (χ1v) is 4.81. The smallest absolute Gasteiger partial charge is 0.101 e. The highest BCUT2D eigenvalue weighted by Gasteiger charge is 2.05. The van der Waals surface area contributed by atoms with E-state index in [9.17, 15) is 0 Å². The van der Waals surface area contributed by atoms with E-state index in [0.717, 1.165) is 11.4 Å². The van der Waals surface area contributed by atoms with Crippen molar-refractivity contribution in [3.8, 4) is 11.8 Å². The van der Waals surface area contributed by atoms with Gasteiger partial charge in [0.15, 0.2) is 0 Å². The van der Waals surface area contributed by atoms with Crippen molar-refractivity contribution in [3.05, 3.63) is 46.7 Å². The summed E-state index contributed by atoms with van der Waals surface area (Å²) in [5.41, 5.74) is 2.18. The molecule has 4 heteroatoms. The third-order valence-electron chi connectivity index (χ3n) is 2.05. The molecule has 0 fully saturated rings. The summed E-state index contributed by atoms with van der Waals surface area (Å²) in [6.07, 6.45) is 1.82. The summed E-state index contributed by atoms with van der Waals surface area (Å²) in [5.74, 6) is 0. The first-order chi connectivity index (χ1) is 7.20. The highest BCUT2D eigenvalue weighted by Crippen LogP contribution is 2.18. The van der Waals surface area contributed by atoms with Crippen LogP contribution in [0, 0.1) is 18.3 Å². The molecule has 0 saturated heterocycles. The maximum absolute atomic E-state index is 8.96. The summed E-state index contributed by atoms with van der Waals surface area (Å²) >= 11 is 5.81. The Morgan fingerprint density at radius 3 is 2.80 bits per heavy atom. The van der Waals surface area contributed by atoms with Crippen molar-refractivity contribution >= 4 is 11.6 Å². The minimum atomic E-state index is 0.519. The minimum Gasteiger partial charge on any atom is -0.239 e. The summed E-state index contributed by atoms with van der Waals surface area (Å²) in [6.45, 7) is 1.90. The monoisotopic (exact) mass is 217 g/mol. The lowest BCUT2D eigenvalue weighted by molar-refractivity contribution is 0.860. The summed E-state index contributed by atoms with van der Waals surface area (Å²) in [4.78, 5) is 0. The van der Waals surface area contributed by atoms with E-state index in [1.54, 1.807) is 22.9 Å². The molecule has 2 aromatic rings. The lowest BCUT2D eigenvalue weighted by Crippen LogP contribution is -1.98. The van der Waals surface area contributed by atoms with Crippen molar-refractivity contribution in [2.24, 2.45) is 0 Å². The van der Waals surface area contributed by atoms with Gasteiger partial charge in [0, 0.05) is 11.2 Å². The SMILES string of the molecule is Cc1ccn(-c2ccc(Cl)cc2C#N)n1. The normalized spacial score (nSPS) is 9.93. The van der Waals surface area contributed by atoms with Crippen molar-refractivity contribution < 1.29 is 0 Å². The van der Waals surface area contributed by atoms with Crippen molar-refractivity contribution in [1.82, 2.24) is 9.78 Å². The summed E-state index contributed by atoms with van der Waals surface area (Å²) in [6, 6.07) is 9.15. The van der Waals surface area contributed by atoms with E-state index in [-0.39, 0.29) is 0 Å². The molecule has 1 aromatic carbocycles. The van der Waals surface area contributed by atoms with Gasteiger partial charge in [-0.2, -0.15) is 10.4 Å². The van der Waals surface area contributed by atoms with Crippen molar-refractivity contribution in [1.29, 1.82) is 5.26 Å².